The van der Waals surface area contributed by atoms with Gasteiger partial charge in [-0.2, -0.15) is 0 Å². The van der Waals surface area contributed by atoms with Crippen molar-refractivity contribution >= 4 is 0 Å². The lowest BCUT2D eigenvalue weighted by Gasteiger charge is -2.44. The second-order valence-corrected chi connectivity index (χ2v) is 7.22. The van der Waals surface area contributed by atoms with Crippen LogP contribution in [0.1, 0.15) is 65.7 Å². The molecule has 2 nitrogen and oxygen atoms in total. The number of nitrogens with two attached hydrogens (primary N) is 1. The van der Waals surface area contributed by atoms with Gasteiger partial charge in [-0.3, -0.25) is 0 Å². The van der Waals surface area contributed by atoms with Gasteiger partial charge < -0.3 is 10.6 Å². The van der Waals surface area contributed by atoms with Crippen LogP contribution in [-0.2, 0) is 0 Å². The third kappa shape index (κ3) is 3.27. The Bertz CT molecular complexity index is 246. The fraction of sp³-hybridized carbons (Fsp3) is 1.00. The van der Waals surface area contributed by atoms with E-state index in [0.717, 1.165) is 12.0 Å². The molecular formula is C16H32N2. The third-order valence-electron chi connectivity index (χ3n) is 5.80. The summed E-state index contributed by atoms with van der Waals surface area (Å²) in [5.41, 5.74) is 6.55. The summed E-state index contributed by atoms with van der Waals surface area (Å²) in [4.78, 5) is 2.72. The largest absolute Gasteiger partial charge is 0.328 e. The molecule has 0 bridgehead atoms. The summed E-state index contributed by atoms with van der Waals surface area (Å²) in [6, 6.07) is 1.33. The lowest BCUT2D eigenvalue weighted by molar-refractivity contribution is 0.0713. The van der Waals surface area contributed by atoms with Crippen LogP contribution in [0, 0.1) is 11.3 Å². The zero-order valence-electron chi connectivity index (χ0n) is 12.6. The number of hydrogen-bond acceptors (Lipinski definition) is 2. The van der Waals surface area contributed by atoms with E-state index >= 15 is 0 Å². The highest BCUT2D eigenvalue weighted by Gasteiger charge is 2.34. The van der Waals surface area contributed by atoms with E-state index in [-0.39, 0.29) is 0 Å². The molecule has 0 aromatic heterocycles. The molecule has 2 N–H and O–H groups in total. The molecule has 106 valence electrons. The quantitative estimate of drug-likeness (QED) is 0.834. The first-order valence-corrected chi connectivity index (χ1v) is 8.02. The van der Waals surface area contributed by atoms with Crippen LogP contribution < -0.4 is 5.73 Å². The van der Waals surface area contributed by atoms with E-state index in [2.05, 4.69) is 25.7 Å². The van der Waals surface area contributed by atoms with Crippen molar-refractivity contribution in [3.8, 4) is 0 Å². The highest BCUT2D eigenvalue weighted by Crippen LogP contribution is 2.41. The van der Waals surface area contributed by atoms with Crippen molar-refractivity contribution < 1.29 is 0 Å². The first-order chi connectivity index (χ1) is 8.53. The van der Waals surface area contributed by atoms with Gasteiger partial charge in [0.2, 0.25) is 0 Å². The van der Waals surface area contributed by atoms with Crippen LogP contribution in [0.25, 0.3) is 0 Å². The molecule has 1 saturated carbocycles. The molecule has 0 radical (unpaired) electrons. The highest BCUT2D eigenvalue weighted by molar-refractivity contribution is 4.88. The van der Waals surface area contributed by atoms with Crippen LogP contribution in [0.5, 0.6) is 0 Å². The first kappa shape index (κ1) is 14.3. The molecule has 1 aliphatic heterocycles. The van der Waals surface area contributed by atoms with Crippen molar-refractivity contribution in [3.05, 3.63) is 0 Å². The lowest BCUT2D eigenvalue weighted by atomic mass is 9.68. The number of likely N-dealkylation sites (tertiary alicyclic amines) is 1. The predicted octanol–water partition coefficient (Wildman–Crippen LogP) is 3.40. The van der Waals surface area contributed by atoms with E-state index in [1.165, 1.54) is 58.0 Å². The van der Waals surface area contributed by atoms with Gasteiger partial charge >= 0.3 is 0 Å². The molecule has 1 aliphatic carbocycles. The summed E-state index contributed by atoms with van der Waals surface area (Å²) in [5.74, 6) is 0.950. The van der Waals surface area contributed by atoms with Crippen LogP contribution in [-0.4, -0.2) is 30.1 Å². The van der Waals surface area contributed by atoms with Crippen LogP contribution in [0.4, 0.5) is 0 Å². The van der Waals surface area contributed by atoms with Gasteiger partial charge in [0, 0.05) is 12.1 Å². The Morgan fingerprint density at radius 1 is 1.00 bits per heavy atom. The van der Waals surface area contributed by atoms with Crippen molar-refractivity contribution in [2.45, 2.75) is 77.8 Å². The van der Waals surface area contributed by atoms with E-state index in [1.807, 2.05) is 0 Å². The summed E-state index contributed by atoms with van der Waals surface area (Å²) in [7, 11) is 0. The average molecular weight is 252 g/mol. The summed E-state index contributed by atoms with van der Waals surface area (Å²) < 4.78 is 0. The molecule has 2 fully saturated rings. The van der Waals surface area contributed by atoms with Gasteiger partial charge in [0.05, 0.1) is 0 Å². The molecule has 2 aliphatic rings. The van der Waals surface area contributed by atoms with E-state index in [4.69, 9.17) is 5.73 Å². The molecule has 0 aromatic carbocycles. The Morgan fingerprint density at radius 2 is 1.56 bits per heavy atom. The maximum Gasteiger partial charge on any atom is 0.00954 e. The summed E-state index contributed by atoms with van der Waals surface area (Å²) in [6.45, 7) is 9.75. The number of hydrogen-bond donors (Lipinski definition) is 1. The maximum atomic E-state index is 6.00. The van der Waals surface area contributed by atoms with Gasteiger partial charge in [-0.15, -0.1) is 0 Å². The molecule has 2 heteroatoms. The van der Waals surface area contributed by atoms with Gasteiger partial charge in [-0.1, -0.05) is 27.2 Å². The second-order valence-electron chi connectivity index (χ2n) is 7.22. The highest BCUT2D eigenvalue weighted by atomic mass is 15.2. The van der Waals surface area contributed by atoms with E-state index in [0.29, 0.717) is 11.5 Å². The second kappa shape index (κ2) is 5.92. The summed E-state index contributed by atoms with van der Waals surface area (Å²) >= 11 is 0. The normalized spacial score (nSPS) is 32.7. The Kier molecular flexibility index (Phi) is 4.71. The Balaban J connectivity index is 1.80. The van der Waals surface area contributed by atoms with E-state index < -0.39 is 0 Å². The lowest BCUT2D eigenvalue weighted by Crippen LogP contribution is -2.46. The van der Waals surface area contributed by atoms with Gasteiger partial charge in [-0.25, -0.2) is 0 Å². The van der Waals surface area contributed by atoms with E-state index in [9.17, 15) is 0 Å². The number of nitrogens with zero attached hydrogens (tertiary/aromatic N) is 1. The van der Waals surface area contributed by atoms with Crippen molar-refractivity contribution in [1.29, 1.82) is 0 Å². The molecular weight excluding hydrogens is 220 g/mol. The minimum Gasteiger partial charge on any atom is -0.328 e. The molecule has 1 saturated heterocycles. The summed E-state index contributed by atoms with van der Waals surface area (Å²) in [5, 5.41) is 0. The van der Waals surface area contributed by atoms with E-state index in [1.54, 1.807) is 0 Å². The SMILES string of the molecule is CCC(C)(C)C1CCC(N2CCC(N)CC2)CC1. The van der Waals surface area contributed by atoms with Gasteiger partial charge in [0.1, 0.15) is 0 Å². The van der Waals surface area contributed by atoms with Crippen LogP contribution >= 0.6 is 0 Å². The topological polar surface area (TPSA) is 29.3 Å². The minimum atomic E-state index is 0.469. The molecule has 0 unspecified atom stereocenters. The zero-order chi connectivity index (χ0) is 13.2. The molecule has 2 rings (SSSR count). The molecule has 0 amide bonds. The maximum absolute atomic E-state index is 6.00. The molecule has 0 spiro atoms. The number of rotatable bonds is 3. The van der Waals surface area contributed by atoms with Crippen molar-refractivity contribution in [1.82, 2.24) is 4.90 Å². The summed E-state index contributed by atoms with van der Waals surface area (Å²) in [6.07, 6.45) is 9.45. The monoisotopic (exact) mass is 252 g/mol. The van der Waals surface area contributed by atoms with Crippen molar-refractivity contribution in [2.24, 2.45) is 17.1 Å². The predicted molar refractivity (Wildman–Crippen MR) is 78.6 cm³/mol. The first-order valence-electron chi connectivity index (χ1n) is 8.02. The number of piperidine rings is 1. The van der Waals surface area contributed by atoms with Crippen LogP contribution in [0.15, 0.2) is 0 Å². The average Bonchev–Trinajstić information content (AvgIpc) is 2.40. The van der Waals surface area contributed by atoms with Crippen molar-refractivity contribution in [3.63, 3.8) is 0 Å². The van der Waals surface area contributed by atoms with Crippen LogP contribution in [0.3, 0.4) is 0 Å². The zero-order valence-corrected chi connectivity index (χ0v) is 12.6. The van der Waals surface area contributed by atoms with Gasteiger partial charge in [0.15, 0.2) is 0 Å². The Hall–Kier alpha value is -0.0800. The Morgan fingerprint density at radius 3 is 2.06 bits per heavy atom. The fourth-order valence-electron chi connectivity index (χ4n) is 3.80. The van der Waals surface area contributed by atoms with Crippen LogP contribution in [0.2, 0.25) is 0 Å². The smallest absolute Gasteiger partial charge is 0.00954 e. The molecule has 1 heterocycles. The Labute approximate surface area is 113 Å². The van der Waals surface area contributed by atoms with Crippen molar-refractivity contribution in [2.75, 3.05) is 13.1 Å². The third-order valence-corrected chi connectivity index (χ3v) is 5.80. The van der Waals surface area contributed by atoms with Gasteiger partial charge in [0.25, 0.3) is 0 Å². The standard InChI is InChI=1S/C16H32N2/c1-4-16(2,3)13-5-7-15(8-6-13)18-11-9-14(17)10-12-18/h13-15H,4-12,17H2,1-3H3. The van der Waals surface area contributed by atoms with Gasteiger partial charge in [-0.05, 0) is 62.9 Å². The minimum absolute atomic E-state index is 0.469. The molecule has 0 atom stereocenters. The molecule has 0 aromatic rings. The molecule has 18 heavy (non-hydrogen) atoms. The fourth-order valence-corrected chi connectivity index (χ4v) is 3.80.